The fourth-order valence-electron chi connectivity index (χ4n) is 1.23. The SMILES string of the molecule is O=C([O-])c1cc(Cl)c2c(c1)OCCO2. The Bertz CT molecular complexity index is 389. The number of halogens is 1. The van der Waals surface area contributed by atoms with Crippen LogP contribution in [0, 0.1) is 0 Å². The molecule has 0 aromatic heterocycles. The summed E-state index contributed by atoms with van der Waals surface area (Å²) >= 11 is 5.80. The largest absolute Gasteiger partial charge is 0.545 e. The molecular formula is C9H6ClO4-. The van der Waals surface area contributed by atoms with Gasteiger partial charge in [-0.2, -0.15) is 0 Å². The molecule has 0 saturated heterocycles. The molecule has 0 N–H and O–H groups in total. The number of carboxylic acids is 1. The molecule has 0 bridgehead atoms. The van der Waals surface area contributed by atoms with Gasteiger partial charge in [0.1, 0.15) is 13.2 Å². The molecule has 0 atom stereocenters. The summed E-state index contributed by atoms with van der Waals surface area (Å²) in [5.74, 6) is -0.547. The third-order valence-corrected chi connectivity index (χ3v) is 2.11. The summed E-state index contributed by atoms with van der Waals surface area (Å²) < 4.78 is 10.4. The minimum atomic E-state index is -1.29. The van der Waals surface area contributed by atoms with Gasteiger partial charge in [-0.05, 0) is 12.1 Å². The number of aromatic carboxylic acids is 1. The van der Waals surface area contributed by atoms with E-state index in [1.165, 1.54) is 12.1 Å². The van der Waals surface area contributed by atoms with Crippen LogP contribution in [0.2, 0.25) is 5.02 Å². The number of rotatable bonds is 1. The average Bonchev–Trinajstić information content (AvgIpc) is 2.17. The molecule has 0 radical (unpaired) electrons. The van der Waals surface area contributed by atoms with Crippen molar-refractivity contribution in [2.24, 2.45) is 0 Å². The molecule has 2 rings (SSSR count). The van der Waals surface area contributed by atoms with Gasteiger partial charge in [0.05, 0.1) is 11.0 Å². The molecule has 1 aliphatic rings. The van der Waals surface area contributed by atoms with Crippen LogP contribution in [-0.2, 0) is 0 Å². The first-order chi connectivity index (χ1) is 6.68. The molecule has 14 heavy (non-hydrogen) atoms. The van der Waals surface area contributed by atoms with Crippen molar-refractivity contribution in [2.75, 3.05) is 13.2 Å². The number of fused-ring (bicyclic) bond motifs is 1. The zero-order valence-electron chi connectivity index (χ0n) is 7.08. The van der Waals surface area contributed by atoms with E-state index < -0.39 is 5.97 Å². The molecule has 1 aliphatic heterocycles. The summed E-state index contributed by atoms with van der Waals surface area (Å²) in [7, 11) is 0. The quantitative estimate of drug-likeness (QED) is 0.681. The molecule has 4 nitrogen and oxygen atoms in total. The Morgan fingerprint density at radius 2 is 2.07 bits per heavy atom. The molecule has 0 unspecified atom stereocenters. The highest BCUT2D eigenvalue weighted by Crippen LogP contribution is 2.38. The van der Waals surface area contributed by atoms with Gasteiger partial charge in [-0.3, -0.25) is 0 Å². The van der Waals surface area contributed by atoms with Crippen LogP contribution in [0.3, 0.4) is 0 Å². The number of carbonyl (C=O) groups is 1. The third kappa shape index (κ3) is 1.48. The number of benzene rings is 1. The van der Waals surface area contributed by atoms with Gasteiger partial charge in [-0.15, -0.1) is 0 Å². The maximum atomic E-state index is 10.6. The van der Waals surface area contributed by atoms with Crippen molar-refractivity contribution in [3.05, 3.63) is 22.7 Å². The Hall–Kier alpha value is -1.42. The summed E-state index contributed by atoms with van der Waals surface area (Å²) in [5, 5.41) is 10.8. The van der Waals surface area contributed by atoms with Crippen LogP contribution in [0.1, 0.15) is 10.4 Å². The molecule has 5 heteroatoms. The first kappa shape index (κ1) is 9.15. The summed E-state index contributed by atoms with van der Waals surface area (Å²) in [6.45, 7) is 0.803. The van der Waals surface area contributed by atoms with Crippen molar-refractivity contribution in [1.82, 2.24) is 0 Å². The van der Waals surface area contributed by atoms with E-state index in [4.69, 9.17) is 21.1 Å². The molecule has 0 amide bonds. The Labute approximate surface area is 85.0 Å². The lowest BCUT2D eigenvalue weighted by atomic mass is 10.2. The molecule has 1 aromatic rings. The fraction of sp³-hybridized carbons (Fsp3) is 0.222. The number of carboxylic acid groups (broad SMARTS) is 1. The van der Waals surface area contributed by atoms with E-state index in [0.717, 1.165) is 0 Å². The predicted molar refractivity (Wildman–Crippen MR) is 46.8 cm³/mol. The van der Waals surface area contributed by atoms with Crippen molar-refractivity contribution in [3.8, 4) is 11.5 Å². The van der Waals surface area contributed by atoms with Crippen LogP contribution >= 0.6 is 11.6 Å². The zero-order chi connectivity index (χ0) is 10.1. The average molecular weight is 214 g/mol. The lowest BCUT2D eigenvalue weighted by molar-refractivity contribution is -0.255. The standard InChI is InChI=1S/C9H7ClO4/c10-6-3-5(9(11)12)4-7-8(6)14-2-1-13-7/h3-4H,1-2H2,(H,11,12)/p-1. The van der Waals surface area contributed by atoms with Crippen molar-refractivity contribution < 1.29 is 19.4 Å². The highest BCUT2D eigenvalue weighted by Gasteiger charge is 2.16. The van der Waals surface area contributed by atoms with Crippen LogP contribution in [0.4, 0.5) is 0 Å². The van der Waals surface area contributed by atoms with Gasteiger partial charge in [0.25, 0.3) is 0 Å². The van der Waals surface area contributed by atoms with Gasteiger partial charge < -0.3 is 19.4 Å². The van der Waals surface area contributed by atoms with Gasteiger partial charge in [-0.1, -0.05) is 11.6 Å². The second kappa shape index (κ2) is 3.38. The minimum Gasteiger partial charge on any atom is -0.545 e. The summed E-state index contributed by atoms with van der Waals surface area (Å²) in [6, 6.07) is 2.63. The first-order valence-corrected chi connectivity index (χ1v) is 4.37. The van der Waals surface area contributed by atoms with Crippen LogP contribution in [0.15, 0.2) is 12.1 Å². The fourth-order valence-corrected chi connectivity index (χ4v) is 1.49. The second-order valence-corrected chi connectivity index (χ2v) is 3.18. The van der Waals surface area contributed by atoms with E-state index in [2.05, 4.69) is 0 Å². The first-order valence-electron chi connectivity index (χ1n) is 3.99. The van der Waals surface area contributed by atoms with Gasteiger partial charge in [0, 0.05) is 5.56 Å². The number of hydrogen-bond donors (Lipinski definition) is 0. The molecule has 0 fully saturated rings. The Morgan fingerprint density at radius 3 is 2.79 bits per heavy atom. The van der Waals surface area contributed by atoms with Crippen LogP contribution in [-0.4, -0.2) is 19.2 Å². The third-order valence-electron chi connectivity index (χ3n) is 1.83. The summed E-state index contributed by atoms with van der Waals surface area (Å²) in [6.07, 6.45) is 0. The van der Waals surface area contributed by atoms with Crippen molar-refractivity contribution in [2.45, 2.75) is 0 Å². The maximum absolute atomic E-state index is 10.6. The second-order valence-electron chi connectivity index (χ2n) is 2.77. The van der Waals surface area contributed by atoms with Crippen molar-refractivity contribution >= 4 is 17.6 Å². The summed E-state index contributed by atoms with van der Waals surface area (Å²) in [4.78, 5) is 10.6. The van der Waals surface area contributed by atoms with Crippen LogP contribution < -0.4 is 14.6 Å². The Kier molecular flexibility index (Phi) is 2.21. The lowest BCUT2D eigenvalue weighted by Gasteiger charge is -2.20. The van der Waals surface area contributed by atoms with E-state index in [9.17, 15) is 9.90 Å². The van der Waals surface area contributed by atoms with Gasteiger partial charge >= 0.3 is 0 Å². The minimum absolute atomic E-state index is 0.0146. The number of hydrogen-bond acceptors (Lipinski definition) is 4. The molecular weight excluding hydrogens is 208 g/mol. The topological polar surface area (TPSA) is 58.6 Å². The van der Waals surface area contributed by atoms with Gasteiger partial charge in [-0.25, -0.2) is 0 Å². The van der Waals surface area contributed by atoms with Crippen LogP contribution in [0.5, 0.6) is 11.5 Å². The highest BCUT2D eigenvalue weighted by atomic mass is 35.5. The van der Waals surface area contributed by atoms with Gasteiger partial charge in [0.15, 0.2) is 11.5 Å². The van der Waals surface area contributed by atoms with Crippen molar-refractivity contribution in [1.29, 1.82) is 0 Å². The summed E-state index contributed by atoms with van der Waals surface area (Å²) in [5.41, 5.74) is -0.0146. The molecule has 1 heterocycles. The smallest absolute Gasteiger partial charge is 0.179 e. The van der Waals surface area contributed by atoms with E-state index in [1.807, 2.05) is 0 Å². The molecule has 74 valence electrons. The van der Waals surface area contributed by atoms with E-state index in [0.29, 0.717) is 24.7 Å². The monoisotopic (exact) mass is 213 g/mol. The predicted octanol–water partition coefficient (Wildman–Crippen LogP) is 0.475. The molecule has 1 aromatic carbocycles. The van der Waals surface area contributed by atoms with E-state index >= 15 is 0 Å². The number of ether oxygens (including phenoxy) is 2. The Balaban J connectivity index is 2.51. The molecule has 0 spiro atoms. The van der Waals surface area contributed by atoms with E-state index in [-0.39, 0.29) is 10.6 Å². The van der Waals surface area contributed by atoms with Crippen molar-refractivity contribution in [3.63, 3.8) is 0 Å². The van der Waals surface area contributed by atoms with E-state index in [1.54, 1.807) is 0 Å². The molecule has 0 aliphatic carbocycles. The molecule has 0 saturated carbocycles. The normalized spacial score (nSPS) is 13.8. The lowest BCUT2D eigenvalue weighted by Crippen LogP contribution is -2.23. The number of carbonyl (C=O) groups excluding carboxylic acids is 1. The highest BCUT2D eigenvalue weighted by molar-refractivity contribution is 6.32. The maximum Gasteiger partial charge on any atom is 0.179 e. The van der Waals surface area contributed by atoms with Crippen LogP contribution in [0.25, 0.3) is 0 Å². The Morgan fingerprint density at radius 1 is 1.36 bits per heavy atom. The zero-order valence-corrected chi connectivity index (χ0v) is 7.84. The van der Waals surface area contributed by atoms with Gasteiger partial charge in [0.2, 0.25) is 0 Å².